The second kappa shape index (κ2) is 8.07. The highest BCUT2D eigenvalue weighted by molar-refractivity contribution is 7.21. The average molecular weight is 417 g/mol. The van der Waals surface area contributed by atoms with E-state index in [1.54, 1.807) is 6.20 Å². The van der Waals surface area contributed by atoms with Gasteiger partial charge in [-0.05, 0) is 47.6 Å². The molecule has 0 atom stereocenters. The molecule has 0 saturated heterocycles. The lowest BCUT2D eigenvalue weighted by atomic mass is 9.83. The van der Waals surface area contributed by atoms with Crippen LogP contribution in [0.25, 0.3) is 21.5 Å². The van der Waals surface area contributed by atoms with Crippen molar-refractivity contribution in [3.63, 3.8) is 0 Å². The Morgan fingerprint density at radius 1 is 1.10 bits per heavy atom. The fraction of sp³-hybridized carbons (Fsp3) is 0.280. The lowest BCUT2D eigenvalue weighted by Gasteiger charge is -2.23. The molecule has 1 fully saturated rings. The minimum atomic E-state index is -0.847. The van der Waals surface area contributed by atoms with Crippen LogP contribution in [0.5, 0.6) is 0 Å². The van der Waals surface area contributed by atoms with Crippen molar-refractivity contribution in [3.8, 4) is 11.3 Å². The number of fused-ring (bicyclic) bond motifs is 1. The molecule has 1 saturated carbocycles. The van der Waals surface area contributed by atoms with Crippen molar-refractivity contribution in [1.29, 1.82) is 0 Å². The molecule has 4 nitrogen and oxygen atoms in total. The van der Waals surface area contributed by atoms with Crippen molar-refractivity contribution in [3.05, 3.63) is 76.9 Å². The molecule has 0 bridgehead atoms. The van der Waals surface area contributed by atoms with E-state index in [0.717, 1.165) is 15.8 Å². The van der Waals surface area contributed by atoms with Crippen molar-refractivity contribution in [2.75, 3.05) is 0 Å². The number of hydrogen-bond donors (Lipinski definition) is 1. The smallest absolute Gasteiger partial charge is 0.345 e. The van der Waals surface area contributed by atoms with E-state index in [2.05, 4.69) is 39.9 Å². The highest BCUT2D eigenvalue weighted by atomic mass is 32.1. The van der Waals surface area contributed by atoms with Gasteiger partial charge in [0.1, 0.15) is 4.88 Å². The molecule has 1 N–H and O–H groups in total. The second-order valence-electron chi connectivity index (χ2n) is 8.04. The van der Waals surface area contributed by atoms with Gasteiger partial charge >= 0.3 is 5.97 Å². The predicted octanol–water partition coefficient (Wildman–Crippen LogP) is 6.56. The first-order valence-electron chi connectivity index (χ1n) is 10.6. The number of thiophene rings is 1. The minimum absolute atomic E-state index is 0.414. The van der Waals surface area contributed by atoms with Crippen molar-refractivity contribution < 1.29 is 9.90 Å². The van der Waals surface area contributed by atoms with E-state index in [0.29, 0.717) is 17.3 Å². The number of carbonyl (C=O) groups is 1. The van der Waals surface area contributed by atoms with Crippen molar-refractivity contribution in [1.82, 2.24) is 9.55 Å². The highest BCUT2D eigenvalue weighted by Gasteiger charge is 2.28. The molecule has 0 spiro atoms. The zero-order valence-corrected chi connectivity index (χ0v) is 17.6. The molecule has 1 aliphatic carbocycles. The Morgan fingerprint density at radius 3 is 2.60 bits per heavy atom. The number of aromatic nitrogens is 2. The number of nitrogens with zero attached hydrogens (tertiary/aromatic N) is 2. The summed E-state index contributed by atoms with van der Waals surface area (Å²) >= 11 is 1.43. The van der Waals surface area contributed by atoms with Gasteiger partial charge in [0.05, 0.1) is 15.9 Å². The normalized spacial score (nSPS) is 14.9. The van der Waals surface area contributed by atoms with Crippen LogP contribution in [0, 0.1) is 0 Å². The summed E-state index contributed by atoms with van der Waals surface area (Å²) < 4.78 is 3.45. The Balaban J connectivity index is 1.78. The van der Waals surface area contributed by atoms with Crippen LogP contribution >= 0.6 is 11.3 Å². The number of benzene rings is 1. The van der Waals surface area contributed by atoms with Crippen LogP contribution in [0.15, 0.2) is 60.9 Å². The third-order valence-electron chi connectivity index (χ3n) is 6.11. The van der Waals surface area contributed by atoms with E-state index in [9.17, 15) is 9.90 Å². The first kappa shape index (κ1) is 19.1. The molecule has 5 rings (SSSR count). The van der Waals surface area contributed by atoms with Gasteiger partial charge in [0, 0.05) is 18.9 Å². The highest BCUT2D eigenvalue weighted by Crippen LogP contribution is 2.46. The maximum atomic E-state index is 11.8. The largest absolute Gasteiger partial charge is 0.477 e. The third kappa shape index (κ3) is 3.43. The van der Waals surface area contributed by atoms with Gasteiger partial charge in [0.2, 0.25) is 0 Å². The summed E-state index contributed by atoms with van der Waals surface area (Å²) in [6.07, 6.45) is 9.80. The number of hydrogen-bond acceptors (Lipinski definition) is 3. The van der Waals surface area contributed by atoms with E-state index in [1.807, 2.05) is 24.4 Å². The Labute approximate surface area is 179 Å². The molecule has 5 heteroatoms. The second-order valence-corrected chi connectivity index (χ2v) is 9.09. The SMILES string of the molecule is O=C(O)c1cc2c(s1)c(C1CCCCC1)c(-c1ccccc1)n2Cc1cccnc1. The van der Waals surface area contributed by atoms with Gasteiger partial charge in [-0.2, -0.15) is 0 Å². The summed E-state index contributed by atoms with van der Waals surface area (Å²) in [4.78, 5) is 16.5. The summed E-state index contributed by atoms with van der Waals surface area (Å²) in [5.41, 5.74) is 5.93. The summed E-state index contributed by atoms with van der Waals surface area (Å²) in [7, 11) is 0. The van der Waals surface area contributed by atoms with E-state index < -0.39 is 5.97 Å². The quantitative estimate of drug-likeness (QED) is 0.401. The zero-order valence-electron chi connectivity index (χ0n) is 16.8. The van der Waals surface area contributed by atoms with Gasteiger partial charge in [-0.3, -0.25) is 4.98 Å². The summed E-state index contributed by atoms with van der Waals surface area (Å²) in [6.45, 7) is 0.678. The first-order valence-corrected chi connectivity index (χ1v) is 11.4. The van der Waals surface area contributed by atoms with Crippen LogP contribution in [-0.4, -0.2) is 20.6 Å². The fourth-order valence-corrected chi connectivity index (χ4v) is 5.89. The molecule has 1 aromatic carbocycles. The minimum Gasteiger partial charge on any atom is -0.477 e. The summed E-state index contributed by atoms with van der Waals surface area (Å²) in [5, 5.41) is 9.66. The number of pyridine rings is 1. The topological polar surface area (TPSA) is 55.1 Å². The Morgan fingerprint density at radius 2 is 1.90 bits per heavy atom. The molecular formula is C25H24N2O2S. The number of carboxylic acid groups (broad SMARTS) is 1. The van der Waals surface area contributed by atoms with Gasteiger partial charge in [0.25, 0.3) is 0 Å². The maximum absolute atomic E-state index is 11.8. The summed E-state index contributed by atoms with van der Waals surface area (Å²) in [6, 6.07) is 16.4. The third-order valence-corrected chi connectivity index (χ3v) is 7.25. The lowest BCUT2D eigenvalue weighted by Crippen LogP contribution is -2.08. The molecule has 0 unspecified atom stereocenters. The molecule has 0 radical (unpaired) electrons. The number of rotatable bonds is 5. The zero-order chi connectivity index (χ0) is 20.5. The average Bonchev–Trinajstić information content (AvgIpc) is 3.34. The predicted molar refractivity (Wildman–Crippen MR) is 121 cm³/mol. The standard InChI is InChI=1S/C25H24N2O2S/c28-25(29)21-14-20-24(30-21)22(18-9-3-1-4-10-18)23(19-11-5-2-6-12-19)27(20)16-17-8-7-13-26-15-17/h2,5-8,11-15,18H,1,3-4,9-10,16H2,(H,28,29). The molecule has 3 aromatic heterocycles. The van der Waals surface area contributed by atoms with Crippen molar-refractivity contribution in [2.45, 2.75) is 44.6 Å². The van der Waals surface area contributed by atoms with Gasteiger partial charge in [-0.1, -0.05) is 55.7 Å². The fourth-order valence-electron chi connectivity index (χ4n) is 4.77. The van der Waals surface area contributed by atoms with Gasteiger partial charge in [-0.15, -0.1) is 11.3 Å². The van der Waals surface area contributed by atoms with E-state index in [4.69, 9.17) is 0 Å². The molecule has 1 aliphatic rings. The van der Waals surface area contributed by atoms with E-state index >= 15 is 0 Å². The first-order chi connectivity index (χ1) is 14.7. The molecule has 152 valence electrons. The van der Waals surface area contributed by atoms with Crippen molar-refractivity contribution in [2.24, 2.45) is 0 Å². The molecule has 3 heterocycles. The van der Waals surface area contributed by atoms with Crippen LogP contribution < -0.4 is 0 Å². The Hall–Kier alpha value is -2.92. The van der Waals surface area contributed by atoms with Gasteiger partial charge in [-0.25, -0.2) is 4.79 Å². The molecule has 0 amide bonds. The monoisotopic (exact) mass is 416 g/mol. The van der Waals surface area contributed by atoms with Gasteiger partial charge < -0.3 is 9.67 Å². The van der Waals surface area contributed by atoms with Crippen LogP contribution in [0.4, 0.5) is 0 Å². The lowest BCUT2D eigenvalue weighted by molar-refractivity contribution is 0.0702. The van der Waals surface area contributed by atoms with E-state index in [-0.39, 0.29) is 0 Å². The van der Waals surface area contributed by atoms with Crippen LogP contribution in [-0.2, 0) is 6.54 Å². The van der Waals surface area contributed by atoms with Gasteiger partial charge in [0.15, 0.2) is 0 Å². The number of carboxylic acids is 1. The summed E-state index contributed by atoms with van der Waals surface area (Å²) in [5.74, 6) is -0.369. The van der Waals surface area contributed by atoms with Crippen LogP contribution in [0.3, 0.4) is 0 Å². The molecule has 4 aromatic rings. The van der Waals surface area contributed by atoms with E-state index in [1.165, 1.54) is 60.3 Å². The Bertz CT molecular complexity index is 1170. The van der Waals surface area contributed by atoms with Crippen molar-refractivity contribution >= 4 is 27.5 Å². The number of aromatic carboxylic acids is 1. The van der Waals surface area contributed by atoms with Crippen LogP contribution in [0.2, 0.25) is 0 Å². The maximum Gasteiger partial charge on any atom is 0.345 e. The Kier molecular flexibility index (Phi) is 5.13. The molecular weight excluding hydrogens is 392 g/mol. The molecule has 30 heavy (non-hydrogen) atoms. The molecule has 0 aliphatic heterocycles. The van der Waals surface area contributed by atoms with Crippen LogP contribution in [0.1, 0.15) is 58.8 Å².